The number of hydrogen-bond acceptors (Lipinski definition) is 4. The van der Waals surface area contributed by atoms with Crippen molar-refractivity contribution in [3.8, 4) is 0 Å². The second-order valence-corrected chi connectivity index (χ2v) is 10.1. The van der Waals surface area contributed by atoms with Crippen molar-refractivity contribution in [2.24, 2.45) is 34.5 Å². The van der Waals surface area contributed by atoms with Crippen molar-refractivity contribution in [3.63, 3.8) is 0 Å². The molecule has 4 bridgehead atoms. The summed E-state index contributed by atoms with van der Waals surface area (Å²) >= 11 is 0. The van der Waals surface area contributed by atoms with Crippen LogP contribution in [-0.2, 0) is 14.3 Å². The summed E-state index contributed by atoms with van der Waals surface area (Å²) in [6, 6.07) is 0. The lowest BCUT2D eigenvalue weighted by atomic mass is 9.72. The van der Waals surface area contributed by atoms with Crippen LogP contribution in [0.5, 0.6) is 0 Å². The molecule has 4 aliphatic rings. The first-order chi connectivity index (χ1) is 10.5. The van der Waals surface area contributed by atoms with Crippen molar-refractivity contribution < 1.29 is 19.4 Å². The van der Waals surface area contributed by atoms with Crippen molar-refractivity contribution in [1.29, 1.82) is 0 Å². The van der Waals surface area contributed by atoms with E-state index in [2.05, 4.69) is 41.5 Å². The molecule has 0 aromatic heterocycles. The summed E-state index contributed by atoms with van der Waals surface area (Å²) in [5.74, 6) is 0.687. The van der Waals surface area contributed by atoms with Crippen LogP contribution in [0.2, 0.25) is 0 Å². The van der Waals surface area contributed by atoms with Crippen LogP contribution in [0.4, 0.5) is 0 Å². The number of carbonyl (C=O) groups is 1. The zero-order chi connectivity index (χ0) is 17.2. The van der Waals surface area contributed by atoms with Gasteiger partial charge in [0.1, 0.15) is 12.2 Å². The molecule has 0 aromatic carbocycles. The third kappa shape index (κ3) is 3.17. The third-order valence-electron chi connectivity index (χ3n) is 5.97. The van der Waals surface area contributed by atoms with Gasteiger partial charge in [-0.3, -0.25) is 4.79 Å². The Bertz CT molecular complexity index is 471. The quantitative estimate of drug-likeness (QED) is 0.809. The van der Waals surface area contributed by atoms with E-state index in [1.165, 1.54) is 0 Å². The average molecular weight is 324 g/mol. The van der Waals surface area contributed by atoms with Crippen LogP contribution in [0.15, 0.2) is 0 Å². The van der Waals surface area contributed by atoms with Crippen molar-refractivity contribution >= 4 is 5.97 Å². The van der Waals surface area contributed by atoms with Crippen LogP contribution < -0.4 is 0 Å². The van der Waals surface area contributed by atoms with Crippen LogP contribution in [-0.4, -0.2) is 29.6 Å². The van der Waals surface area contributed by atoms with Gasteiger partial charge < -0.3 is 14.6 Å². The number of ether oxygens (including phenoxy) is 2. The molecule has 2 saturated carbocycles. The Morgan fingerprint density at radius 2 is 1.78 bits per heavy atom. The van der Waals surface area contributed by atoms with Crippen LogP contribution in [0.25, 0.3) is 0 Å². The lowest BCUT2D eigenvalue weighted by molar-refractivity contribution is -0.266. The molecule has 132 valence electrons. The van der Waals surface area contributed by atoms with Gasteiger partial charge in [0.05, 0.1) is 5.92 Å². The van der Waals surface area contributed by atoms with E-state index in [1.807, 2.05) is 0 Å². The first kappa shape index (κ1) is 17.2. The maximum atomic E-state index is 12.9. The summed E-state index contributed by atoms with van der Waals surface area (Å²) < 4.78 is 11.7. The molecule has 2 saturated heterocycles. The first-order valence-electron chi connectivity index (χ1n) is 9.01. The minimum Gasteiger partial charge on any atom is -0.459 e. The summed E-state index contributed by atoms with van der Waals surface area (Å²) in [5, 5.41) is 9.98. The Morgan fingerprint density at radius 3 is 2.30 bits per heavy atom. The number of fused-ring (bicyclic) bond motifs is 1. The molecule has 4 fully saturated rings. The van der Waals surface area contributed by atoms with Gasteiger partial charge in [-0.15, -0.1) is 0 Å². The predicted octanol–water partition coefficient (Wildman–Crippen LogP) is 3.37. The van der Waals surface area contributed by atoms with Crippen LogP contribution >= 0.6 is 0 Å². The lowest BCUT2D eigenvalue weighted by Gasteiger charge is -2.45. The zero-order valence-corrected chi connectivity index (χ0v) is 15.3. The Hall–Kier alpha value is -0.610. The van der Waals surface area contributed by atoms with Crippen LogP contribution in [0.1, 0.15) is 60.8 Å². The molecule has 0 amide bonds. The third-order valence-corrected chi connectivity index (χ3v) is 5.97. The highest BCUT2D eigenvalue weighted by Crippen LogP contribution is 2.57. The van der Waals surface area contributed by atoms with Gasteiger partial charge in [0.15, 0.2) is 6.29 Å². The first-order valence-corrected chi connectivity index (χ1v) is 9.01. The second kappa shape index (κ2) is 5.45. The number of hydrogen-bond donors (Lipinski definition) is 1. The van der Waals surface area contributed by atoms with E-state index >= 15 is 0 Å². The minimum absolute atomic E-state index is 0.0807. The number of aliphatic hydroxyl groups is 1. The van der Waals surface area contributed by atoms with Crippen molar-refractivity contribution in [2.45, 2.75) is 79.3 Å². The molecule has 0 spiro atoms. The maximum Gasteiger partial charge on any atom is 0.309 e. The molecule has 1 N–H and O–H groups in total. The van der Waals surface area contributed by atoms with E-state index < -0.39 is 6.29 Å². The Kier molecular flexibility index (Phi) is 4.08. The number of rotatable bonds is 3. The fraction of sp³-hybridized carbons (Fsp3) is 0.947. The molecule has 4 nitrogen and oxygen atoms in total. The standard InChI is InChI=1S/C19H32O4/c1-18(2,3)9-13(19(4,5)6)17(21)23-15-11-7-10-8-12(11)16(20)22-14(10)15/h10-16,20H,7-9H2,1-6H3. The highest BCUT2D eigenvalue weighted by atomic mass is 16.6. The summed E-state index contributed by atoms with van der Waals surface area (Å²) in [4.78, 5) is 12.9. The fourth-order valence-corrected chi connectivity index (χ4v) is 4.81. The molecule has 7 unspecified atom stereocenters. The summed E-state index contributed by atoms with van der Waals surface area (Å²) in [6.45, 7) is 12.8. The van der Waals surface area contributed by atoms with E-state index in [1.54, 1.807) is 0 Å². The summed E-state index contributed by atoms with van der Waals surface area (Å²) in [5.41, 5.74) is -0.0429. The Morgan fingerprint density at radius 1 is 1.17 bits per heavy atom. The normalized spacial score (nSPS) is 40.5. The van der Waals surface area contributed by atoms with Gasteiger partial charge in [0.2, 0.25) is 0 Å². The maximum absolute atomic E-state index is 12.9. The second-order valence-electron chi connectivity index (χ2n) is 10.1. The molecule has 0 aromatic rings. The molecule has 2 aliphatic carbocycles. The summed E-state index contributed by atoms with van der Waals surface area (Å²) in [6.07, 6.45) is 1.96. The average Bonchev–Trinajstić information content (AvgIpc) is 2.90. The topological polar surface area (TPSA) is 55.8 Å². The van der Waals surface area contributed by atoms with Gasteiger partial charge in [0, 0.05) is 11.8 Å². The smallest absolute Gasteiger partial charge is 0.309 e. The largest absolute Gasteiger partial charge is 0.459 e. The lowest BCUT2D eigenvalue weighted by Crippen LogP contribution is -2.53. The Labute approximate surface area is 139 Å². The number of aliphatic hydroxyl groups excluding tert-OH is 1. The monoisotopic (exact) mass is 324 g/mol. The minimum atomic E-state index is -0.660. The number of carbonyl (C=O) groups excluding carboxylic acids is 1. The van der Waals surface area contributed by atoms with Gasteiger partial charge in [-0.1, -0.05) is 41.5 Å². The number of esters is 1. The van der Waals surface area contributed by atoms with Gasteiger partial charge >= 0.3 is 5.97 Å². The highest BCUT2D eigenvalue weighted by molar-refractivity contribution is 5.73. The SMILES string of the molecule is CC(C)(C)CC(C(=O)OC1C2CC3CC2C(O)OC31)C(C)(C)C. The van der Waals surface area contributed by atoms with Gasteiger partial charge in [-0.2, -0.15) is 0 Å². The van der Waals surface area contributed by atoms with Crippen molar-refractivity contribution in [2.75, 3.05) is 0 Å². The molecule has 2 aliphatic heterocycles. The van der Waals surface area contributed by atoms with E-state index in [9.17, 15) is 9.90 Å². The van der Waals surface area contributed by atoms with Crippen molar-refractivity contribution in [3.05, 3.63) is 0 Å². The van der Waals surface area contributed by atoms with E-state index in [0.29, 0.717) is 5.92 Å². The molecule has 7 atom stereocenters. The van der Waals surface area contributed by atoms with Gasteiger partial charge in [0.25, 0.3) is 0 Å². The zero-order valence-electron chi connectivity index (χ0n) is 15.3. The predicted molar refractivity (Wildman–Crippen MR) is 87.5 cm³/mol. The highest BCUT2D eigenvalue weighted by Gasteiger charge is 2.62. The van der Waals surface area contributed by atoms with Crippen LogP contribution in [0.3, 0.4) is 0 Å². The molecule has 2 heterocycles. The van der Waals surface area contributed by atoms with E-state index in [4.69, 9.17) is 9.47 Å². The Balaban J connectivity index is 1.71. The van der Waals surface area contributed by atoms with Gasteiger partial charge in [-0.25, -0.2) is 0 Å². The molecule has 4 rings (SSSR count). The van der Waals surface area contributed by atoms with Crippen molar-refractivity contribution in [1.82, 2.24) is 0 Å². The molecule has 0 radical (unpaired) electrons. The van der Waals surface area contributed by atoms with Crippen LogP contribution in [0, 0.1) is 34.5 Å². The molecular formula is C19H32O4. The van der Waals surface area contributed by atoms with Gasteiger partial charge in [-0.05, 0) is 36.0 Å². The summed E-state index contributed by atoms with van der Waals surface area (Å²) in [7, 11) is 0. The van der Waals surface area contributed by atoms with E-state index in [-0.39, 0.29) is 46.8 Å². The molecular weight excluding hydrogens is 292 g/mol. The van der Waals surface area contributed by atoms with E-state index in [0.717, 1.165) is 19.3 Å². The molecule has 23 heavy (non-hydrogen) atoms. The molecule has 4 heteroatoms. The fourth-order valence-electron chi connectivity index (χ4n) is 4.81.